The van der Waals surface area contributed by atoms with Crippen molar-refractivity contribution in [1.82, 2.24) is 4.90 Å². The van der Waals surface area contributed by atoms with Crippen molar-refractivity contribution in [3.05, 3.63) is 0 Å². The molecule has 1 N–H and O–H groups in total. The molecule has 3 atom stereocenters. The van der Waals surface area contributed by atoms with Crippen LogP contribution in [0.4, 0.5) is 0 Å². The number of rotatable bonds is 26. The molecule has 0 bridgehead atoms. The lowest BCUT2D eigenvalue weighted by molar-refractivity contribution is -0.150. The average molecular weight is 520 g/mol. The highest BCUT2D eigenvalue weighted by Crippen LogP contribution is 2.33. The number of hydrogen-bond acceptors (Lipinski definition) is 6. The third kappa shape index (κ3) is 25.2. The van der Waals surface area contributed by atoms with Gasteiger partial charge in [0.1, 0.15) is 6.10 Å². The molecule has 0 heterocycles. The van der Waals surface area contributed by atoms with E-state index in [1.807, 2.05) is 19.0 Å². The van der Waals surface area contributed by atoms with E-state index < -0.39 is 8.60 Å². The van der Waals surface area contributed by atoms with Crippen molar-refractivity contribution in [2.75, 3.05) is 33.9 Å². The van der Waals surface area contributed by atoms with E-state index in [2.05, 4.69) is 13.8 Å². The van der Waals surface area contributed by atoms with Gasteiger partial charge < -0.3 is 23.6 Å². The highest BCUT2D eigenvalue weighted by Gasteiger charge is 2.18. The van der Waals surface area contributed by atoms with E-state index in [-0.39, 0.29) is 18.7 Å². The second-order valence-corrected chi connectivity index (χ2v) is 11.3. The molecular formula is C28H58NO5P. The molecule has 0 aromatic rings. The first kappa shape index (κ1) is 34.7. The number of nitrogens with zero attached hydrogens (tertiary/aromatic N) is 1. The Hall–Kier alpha value is -0.260. The van der Waals surface area contributed by atoms with Crippen molar-refractivity contribution in [2.45, 2.75) is 136 Å². The van der Waals surface area contributed by atoms with Crippen molar-refractivity contribution in [1.29, 1.82) is 0 Å². The molecule has 0 aliphatic carbocycles. The standard InChI is InChI=1S/C28H58NO5P/c1-6-8-9-10-11-12-13-14-15-16-17-18-19-20-26(3)21-22-27(34-28(30)7-2)25-33-35(31)32-24-23-29(4)5/h26-27,31H,6-25H2,1-5H3. The van der Waals surface area contributed by atoms with Gasteiger partial charge in [-0.2, -0.15) is 0 Å². The van der Waals surface area contributed by atoms with Gasteiger partial charge in [0, 0.05) is 13.0 Å². The summed E-state index contributed by atoms with van der Waals surface area (Å²) in [4.78, 5) is 23.7. The van der Waals surface area contributed by atoms with E-state index in [0.29, 0.717) is 25.5 Å². The number of carbonyl (C=O) groups excluding carboxylic acids is 1. The smallest absolute Gasteiger partial charge is 0.330 e. The maximum Gasteiger partial charge on any atom is 0.330 e. The van der Waals surface area contributed by atoms with E-state index in [1.54, 1.807) is 6.92 Å². The molecule has 6 nitrogen and oxygen atoms in total. The minimum Gasteiger partial charge on any atom is -0.460 e. The third-order valence-electron chi connectivity index (χ3n) is 6.48. The van der Waals surface area contributed by atoms with Crippen molar-refractivity contribution in [3.63, 3.8) is 0 Å². The summed E-state index contributed by atoms with van der Waals surface area (Å²) in [5.41, 5.74) is 0. The lowest BCUT2D eigenvalue weighted by atomic mass is 9.96. The van der Waals surface area contributed by atoms with Gasteiger partial charge in [-0.1, -0.05) is 111 Å². The molecule has 0 radical (unpaired) electrons. The fourth-order valence-corrected chi connectivity index (χ4v) is 4.66. The lowest BCUT2D eigenvalue weighted by Crippen LogP contribution is -2.23. The summed E-state index contributed by atoms with van der Waals surface area (Å²) in [6.45, 7) is 7.66. The minimum atomic E-state index is -1.94. The van der Waals surface area contributed by atoms with Gasteiger partial charge in [0.15, 0.2) is 0 Å². The van der Waals surface area contributed by atoms with Gasteiger partial charge in [0.2, 0.25) is 0 Å². The van der Waals surface area contributed by atoms with Crippen LogP contribution in [0.15, 0.2) is 0 Å². The fourth-order valence-electron chi connectivity index (χ4n) is 4.06. The Bertz CT molecular complexity index is 467. The van der Waals surface area contributed by atoms with Crippen LogP contribution >= 0.6 is 8.60 Å². The predicted molar refractivity (Wildman–Crippen MR) is 148 cm³/mol. The van der Waals surface area contributed by atoms with Gasteiger partial charge in [-0.05, 0) is 32.9 Å². The van der Waals surface area contributed by atoms with Crippen molar-refractivity contribution >= 4 is 14.6 Å². The first-order chi connectivity index (χ1) is 16.9. The summed E-state index contributed by atoms with van der Waals surface area (Å²) in [5.74, 6) is 0.371. The van der Waals surface area contributed by atoms with Crippen LogP contribution in [0.25, 0.3) is 0 Å². The van der Waals surface area contributed by atoms with Crippen LogP contribution in [-0.2, 0) is 18.6 Å². The van der Waals surface area contributed by atoms with Gasteiger partial charge in [0.05, 0.1) is 13.2 Å². The quantitative estimate of drug-likeness (QED) is 0.0709. The number of hydrogen-bond donors (Lipinski definition) is 1. The monoisotopic (exact) mass is 519 g/mol. The SMILES string of the molecule is CCCCCCCCCCCCCCCC(C)CCC(COP(O)OCCN(C)C)OC(=O)CC. The Morgan fingerprint density at radius 1 is 0.800 bits per heavy atom. The summed E-state index contributed by atoms with van der Waals surface area (Å²) in [6.07, 6.45) is 20.9. The summed E-state index contributed by atoms with van der Waals surface area (Å²) < 4.78 is 16.3. The Morgan fingerprint density at radius 3 is 1.86 bits per heavy atom. The highest BCUT2D eigenvalue weighted by atomic mass is 31.2. The Labute approximate surface area is 218 Å². The summed E-state index contributed by atoms with van der Waals surface area (Å²) in [7, 11) is 1.95. The summed E-state index contributed by atoms with van der Waals surface area (Å²) >= 11 is 0. The number of carbonyl (C=O) groups is 1. The summed E-state index contributed by atoms with van der Waals surface area (Å²) in [6, 6.07) is 0. The minimum absolute atomic E-state index is 0.182. The predicted octanol–water partition coefficient (Wildman–Crippen LogP) is 8.02. The molecule has 0 aliphatic heterocycles. The van der Waals surface area contributed by atoms with E-state index in [9.17, 15) is 9.69 Å². The molecule has 210 valence electrons. The van der Waals surface area contributed by atoms with Crippen LogP contribution in [0.2, 0.25) is 0 Å². The van der Waals surface area contributed by atoms with Crippen molar-refractivity contribution < 1.29 is 23.5 Å². The Morgan fingerprint density at radius 2 is 1.34 bits per heavy atom. The van der Waals surface area contributed by atoms with Crippen molar-refractivity contribution in [3.8, 4) is 0 Å². The second kappa shape index (κ2) is 25.4. The highest BCUT2D eigenvalue weighted by molar-refractivity contribution is 7.40. The van der Waals surface area contributed by atoms with Gasteiger partial charge >= 0.3 is 14.6 Å². The molecule has 35 heavy (non-hydrogen) atoms. The molecule has 0 fully saturated rings. The molecule has 0 saturated heterocycles. The molecule has 0 aromatic heterocycles. The Balaban J connectivity index is 3.85. The zero-order chi connectivity index (χ0) is 26.2. The van der Waals surface area contributed by atoms with Crippen LogP contribution in [-0.4, -0.2) is 55.7 Å². The molecule has 0 rings (SSSR count). The molecule has 3 unspecified atom stereocenters. The van der Waals surface area contributed by atoms with Gasteiger partial charge in [0.25, 0.3) is 0 Å². The summed E-state index contributed by atoms with van der Waals surface area (Å²) in [5, 5.41) is 0. The first-order valence-corrected chi connectivity index (χ1v) is 15.6. The number of ether oxygens (including phenoxy) is 1. The van der Waals surface area contributed by atoms with E-state index >= 15 is 0 Å². The molecule has 7 heteroatoms. The molecule has 0 aromatic carbocycles. The number of unbranched alkanes of at least 4 members (excludes halogenated alkanes) is 12. The average Bonchev–Trinajstić information content (AvgIpc) is 2.83. The van der Waals surface area contributed by atoms with Gasteiger partial charge in [-0.3, -0.25) is 4.79 Å². The Kier molecular flexibility index (Phi) is 25.2. The second-order valence-electron chi connectivity index (χ2n) is 10.3. The van der Waals surface area contributed by atoms with Crippen LogP contribution in [0.1, 0.15) is 130 Å². The van der Waals surface area contributed by atoms with Crippen molar-refractivity contribution in [2.24, 2.45) is 5.92 Å². The normalized spacial score (nSPS) is 14.3. The van der Waals surface area contributed by atoms with Gasteiger partial charge in [-0.25, -0.2) is 0 Å². The number of likely N-dealkylation sites (N-methyl/N-ethyl adjacent to an activating group) is 1. The third-order valence-corrected chi connectivity index (χ3v) is 7.25. The van der Waals surface area contributed by atoms with E-state index in [0.717, 1.165) is 12.8 Å². The lowest BCUT2D eigenvalue weighted by Gasteiger charge is -2.21. The molecule has 0 saturated carbocycles. The first-order valence-electron chi connectivity index (χ1n) is 14.5. The molecule has 0 spiro atoms. The van der Waals surface area contributed by atoms with E-state index in [1.165, 1.54) is 89.9 Å². The van der Waals surface area contributed by atoms with Crippen LogP contribution in [0, 0.1) is 5.92 Å². The van der Waals surface area contributed by atoms with Gasteiger partial charge in [-0.15, -0.1) is 0 Å². The van der Waals surface area contributed by atoms with Crippen LogP contribution in [0.5, 0.6) is 0 Å². The molecule has 0 aliphatic rings. The largest absolute Gasteiger partial charge is 0.460 e. The number of esters is 1. The molecular weight excluding hydrogens is 461 g/mol. The molecule has 0 amide bonds. The zero-order valence-electron chi connectivity index (χ0n) is 23.8. The maximum absolute atomic E-state index is 11.8. The van der Waals surface area contributed by atoms with Crippen LogP contribution in [0.3, 0.4) is 0 Å². The topological polar surface area (TPSA) is 68.2 Å². The van der Waals surface area contributed by atoms with Crippen LogP contribution < -0.4 is 0 Å². The van der Waals surface area contributed by atoms with E-state index in [4.69, 9.17) is 13.8 Å². The zero-order valence-corrected chi connectivity index (χ0v) is 24.7. The fraction of sp³-hybridized carbons (Fsp3) is 0.964. The maximum atomic E-state index is 11.8.